The third-order valence-electron chi connectivity index (χ3n) is 1.57. The quantitative estimate of drug-likeness (QED) is 0.839. The van der Waals surface area contributed by atoms with Crippen LogP contribution in [0.5, 0.6) is 0 Å². The number of rotatable bonds is 4. The summed E-state index contributed by atoms with van der Waals surface area (Å²) in [4.78, 5) is 15.3. The smallest absolute Gasteiger partial charge is 0.226 e. The van der Waals surface area contributed by atoms with Crippen LogP contribution in [-0.2, 0) is 9.53 Å². The van der Waals surface area contributed by atoms with E-state index in [1.54, 1.807) is 25.4 Å². The van der Waals surface area contributed by atoms with Gasteiger partial charge in [0.15, 0.2) is 0 Å². The van der Waals surface area contributed by atoms with E-state index >= 15 is 0 Å². The minimum Gasteiger partial charge on any atom is -0.384 e. The second-order valence-corrected chi connectivity index (χ2v) is 3.38. The number of carbonyl (C=O) groups excluding carboxylic acids is 1. The fraction of sp³-hybridized carbons (Fsp3) is 0.333. The monoisotopic (exact) mass is 258 g/mol. The van der Waals surface area contributed by atoms with Gasteiger partial charge in [-0.05, 0) is 28.1 Å². The predicted octanol–water partition coefficient (Wildman–Crippen LogP) is 1.82. The molecule has 1 rings (SSSR count). The van der Waals surface area contributed by atoms with Crippen molar-refractivity contribution >= 4 is 27.5 Å². The SMILES string of the molecule is COCCC(=O)Nc1cccnc1Br. The van der Waals surface area contributed by atoms with Crippen LogP contribution in [0.3, 0.4) is 0 Å². The van der Waals surface area contributed by atoms with Crippen LogP contribution in [0.2, 0.25) is 0 Å². The highest BCUT2D eigenvalue weighted by Crippen LogP contribution is 2.18. The van der Waals surface area contributed by atoms with Crippen molar-refractivity contribution in [2.24, 2.45) is 0 Å². The molecule has 0 saturated carbocycles. The van der Waals surface area contributed by atoms with Crippen molar-refractivity contribution in [3.63, 3.8) is 0 Å². The topological polar surface area (TPSA) is 51.2 Å². The number of anilines is 1. The first kappa shape index (κ1) is 11.1. The van der Waals surface area contributed by atoms with Crippen LogP contribution >= 0.6 is 15.9 Å². The van der Waals surface area contributed by atoms with E-state index in [1.165, 1.54) is 0 Å². The maximum absolute atomic E-state index is 11.3. The van der Waals surface area contributed by atoms with E-state index in [2.05, 4.69) is 26.2 Å². The van der Waals surface area contributed by atoms with Crippen LogP contribution in [0.25, 0.3) is 0 Å². The Morgan fingerprint density at radius 1 is 1.71 bits per heavy atom. The zero-order valence-corrected chi connectivity index (χ0v) is 9.37. The van der Waals surface area contributed by atoms with Gasteiger partial charge in [0.2, 0.25) is 5.91 Å². The second-order valence-electron chi connectivity index (χ2n) is 2.63. The molecule has 1 aromatic heterocycles. The number of hydrogen-bond donors (Lipinski definition) is 1. The van der Waals surface area contributed by atoms with Crippen molar-refractivity contribution in [2.75, 3.05) is 19.0 Å². The Morgan fingerprint density at radius 2 is 2.50 bits per heavy atom. The number of nitrogens with zero attached hydrogens (tertiary/aromatic N) is 1. The highest BCUT2D eigenvalue weighted by molar-refractivity contribution is 9.10. The lowest BCUT2D eigenvalue weighted by atomic mass is 10.3. The van der Waals surface area contributed by atoms with Crippen LogP contribution < -0.4 is 5.32 Å². The number of nitrogens with one attached hydrogen (secondary N) is 1. The Morgan fingerprint density at radius 3 is 3.14 bits per heavy atom. The summed E-state index contributed by atoms with van der Waals surface area (Å²) in [6.07, 6.45) is 1.99. The summed E-state index contributed by atoms with van der Waals surface area (Å²) in [5.41, 5.74) is 0.675. The molecule has 1 N–H and O–H groups in total. The number of methoxy groups -OCH3 is 1. The van der Waals surface area contributed by atoms with E-state index in [0.29, 0.717) is 23.3 Å². The predicted molar refractivity (Wildman–Crippen MR) is 57.1 cm³/mol. The summed E-state index contributed by atoms with van der Waals surface area (Å²) in [6, 6.07) is 3.54. The normalized spacial score (nSPS) is 9.86. The molecule has 14 heavy (non-hydrogen) atoms. The number of pyridine rings is 1. The van der Waals surface area contributed by atoms with Crippen LogP contribution in [0.1, 0.15) is 6.42 Å². The molecule has 0 aliphatic rings. The van der Waals surface area contributed by atoms with Crippen molar-refractivity contribution in [1.82, 2.24) is 4.98 Å². The van der Waals surface area contributed by atoms with Crippen molar-refractivity contribution in [2.45, 2.75) is 6.42 Å². The number of aromatic nitrogens is 1. The Kier molecular flexibility index (Phi) is 4.55. The summed E-state index contributed by atoms with van der Waals surface area (Å²) in [6.45, 7) is 0.420. The van der Waals surface area contributed by atoms with Gasteiger partial charge in [0.05, 0.1) is 18.7 Å². The Balaban J connectivity index is 2.52. The van der Waals surface area contributed by atoms with Gasteiger partial charge in [-0.3, -0.25) is 4.79 Å². The fourth-order valence-corrected chi connectivity index (χ4v) is 1.24. The first-order valence-electron chi connectivity index (χ1n) is 4.13. The molecule has 0 aliphatic heterocycles. The van der Waals surface area contributed by atoms with Gasteiger partial charge in [0.25, 0.3) is 0 Å². The van der Waals surface area contributed by atoms with Crippen molar-refractivity contribution in [3.05, 3.63) is 22.9 Å². The number of carbonyl (C=O) groups is 1. The fourth-order valence-electron chi connectivity index (χ4n) is 0.887. The van der Waals surface area contributed by atoms with E-state index < -0.39 is 0 Å². The van der Waals surface area contributed by atoms with Gasteiger partial charge in [-0.1, -0.05) is 0 Å². The molecule has 0 atom stereocenters. The molecule has 0 aliphatic carbocycles. The zero-order chi connectivity index (χ0) is 10.4. The van der Waals surface area contributed by atoms with E-state index in [1.807, 2.05) is 0 Å². The lowest BCUT2D eigenvalue weighted by Gasteiger charge is -2.05. The standard InChI is InChI=1S/C9H11BrN2O2/c1-14-6-4-8(13)12-7-3-2-5-11-9(7)10/h2-3,5H,4,6H2,1H3,(H,12,13). The summed E-state index contributed by atoms with van der Waals surface area (Å²) in [7, 11) is 1.56. The molecular formula is C9H11BrN2O2. The molecule has 1 amide bonds. The van der Waals surface area contributed by atoms with Crippen molar-refractivity contribution in [3.8, 4) is 0 Å². The minimum absolute atomic E-state index is 0.0828. The van der Waals surface area contributed by atoms with Gasteiger partial charge < -0.3 is 10.1 Å². The molecule has 1 aromatic rings. The van der Waals surface area contributed by atoms with E-state index in [9.17, 15) is 4.79 Å². The van der Waals surface area contributed by atoms with Crippen molar-refractivity contribution < 1.29 is 9.53 Å². The van der Waals surface area contributed by atoms with Crippen LogP contribution in [0.15, 0.2) is 22.9 Å². The minimum atomic E-state index is -0.0828. The first-order chi connectivity index (χ1) is 6.74. The van der Waals surface area contributed by atoms with Crippen LogP contribution in [0.4, 0.5) is 5.69 Å². The molecular weight excluding hydrogens is 248 g/mol. The zero-order valence-electron chi connectivity index (χ0n) is 7.79. The molecule has 0 fully saturated rings. The Hall–Kier alpha value is -0.940. The number of halogens is 1. The van der Waals surface area contributed by atoms with Crippen LogP contribution in [0, 0.1) is 0 Å². The number of hydrogen-bond acceptors (Lipinski definition) is 3. The highest BCUT2D eigenvalue weighted by Gasteiger charge is 2.04. The molecule has 76 valence electrons. The Bertz CT molecular complexity index is 317. The average Bonchev–Trinajstić information content (AvgIpc) is 2.18. The lowest BCUT2D eigenvalue weighted by molar-refractivity contribution is -0.117. The summed E-state index contributed by atoms with van der Waals surface area (Å²) in [5.74, 6) is -0.0828. The molecule has 0 radical (unpaired) electrons. The molecule has 0 aromatic carbocycles. The van der Waals surface area contributed by atoms with Gasteiger partial charge in [-0.25, -0.2) is 4.98 Å². The van der Waals surface area contributed by atoms with Gasteiger partial charge in [-0.15, -0.1) is 0 Å². The van der Waals surface area contributed by atoms with Crippen LogP contribution in [-0.4, -0.2) is 24.6 Å². The van der Waals surface area contributed by atoms with Gasteiger partial charge in [0.1, 0.15) is 4.60 Å². The summed E-state index contributed by atoms with van der Waals surface area (Å²) < 4.78 is 5.42. The highest BCUT2D eigenvalue weighted by atomic mass is 79.9. The molecule has 1 heterocycles. The van der Waals surface area contributed by atoms with E-state index in [4.69, 9.17) is 4.74 Å². The second kappa shape index (κ2) is 5.72. The molecule has 0 spiro atoms. The summed E-state index contributed by atoms with van der Waals surface area (Å²) in [5, 5.41) is 2.72. The average molecular weight is 259 g/mol. The Labute approximate surface area is 90.8 Å². The molecule has 0 unspecified atom stereocenters. The molecule has 0 saturated heterocycles. The third-order valence-corrected chi connectivity index (χ3v) is 2.20. The number of ether oxygens (including phenoxy) is 1. The maximum Gasteiger partial charge on any atom is 0.226 e. The van der Waals surface area contributed by atoms with Gasteiger partial charge >= 0.3 is 0 Å². The first-order valence-corrected chi connectivity index (χ1v) is 4.92. The van der Waals surface area contributed by atoms with Gasteiger partial charge in [0, 0.05) is 13.3 Å². The molecule has 4 nitrogen and oxygen atoms in total. The number of amides is 1. The third kappa shape index (κ3) is 3.43. The molecule has 5 heteroatoms. The van der Waals surface area contributed by atoms with Crippen molar-refractivity contribution in [1.29, 1.82) is 0 Å². The van der Waals surface area contributed by atoms with Gasteiger partial charge in [-0.2, -0.15) is 0 Å². The van der Waals surface area contributed by atoms with E-state index in [0.717, 1.165) is 0 Å². The van der Waals surface area contributed by atoms with E-state index in [-0.39, 0.29) is 5.91 Å². The summed E-state index contributed by atoms with van der Waals surface area (Å²) >= 11 is 3.24. The largest absolute Gasteiger partial charge is 0.384 e. The molecule has 0 bridgehead atoms. The maximum atomic E-state index is 11.3. The lowest BCUT2D eigenvalue weighted by Crippen LogP contribution is -2.14.